The van der Waals surface area contributed by atoms with Crippen molar-refractivity contribution in [3.05, 3.63) is 68.9 Å². The number of aromatic nitrogens is 2. The second-order valence-electron chi connectivity index (χ2n) is 10.6. The van der Waals surface area contributed by atoms with Crippen molar-refractivity contribution < 1.29 is 9.59 Å². The Morgan fingerprint density at radius 1 is 1.08 bits per heavy atom. The molecule has 10 heteroatoms. The first-order valence-electron chi connectivity index (χ1n) is 13.2. The molecule has 38 heavy (non-hydrogen) atoms. The summed E-state index contributed by atoms with van der Waals surface area (Å²) in [4.78, 5) is 53.9. The van der Waals surface area contributed by atoms with E-state index < -0.39 is 0 Å². The molecule has 3 amide bonds. The molecule has 3 aromatic rings. The molecule has 1 saturated heterocycles. The molecular formula is C28H34N6O4. The van der Waals surface area contributed by atoms with Crippen molar-refractivity contribution >= 4 is 34.2 Å². The molecule has 1 atom stereocenters. The maximum Gasteiger partial charge on any atom is 0.331 e. The van der Waals surface area contributed by atoms with Gasteiger partial charge in [-0.3, -0.25) is 18.7 Å². The zero-order valence-electron chi connectivity index (χ0n) is 21.8. The summed E-state index contributed by atoms with van der Waals surface area (Å²) in [5.41, 5.74) is 7.17. The van der Waals surface area contributed by atoms with E-state index in [1.807, 2.05) is 13.8 Å². The number of likely N-dealkylation sites (tertiary alicyclic amines) is 1. The molecular weight excluding hydrogens is 484 g/mol. The van der Waals surface area contributed by atoms with E-state index in [2.05, 4.69) is 10.6 Å². The van der Waals surface area contributed by atoms with Crippen LogP contribution in [-0.4, -0.2) is 45.1 Å². The Kier molecular flexibility index (Phi) is 6.96. The van der Waals surface area contributed by atoms with Gasteiger partial charge in [0.25, 0.3) is 11.5 Å². The number of urea groups is 1. The van der Waals surface area contributed by atoms with Crippen LogP contribution in [0.2, 0.25) is 0 Å². The predicted octanol–water partition coefficient (Wildman–Crippen LogP) is 3.16. The lowest BCUT2D eigenvalue weighted by Gasteiger charge is -2.33. The van der Waals surface area contributed by atoms with Gasteiger partial charge >= 0.3 is 11.7 Å². The third-order valence-electron chi connectivity index (χ3n) is 7.32. The monoisotopic (exact) mass is 518 g/mol. The van der Waals surface area contributed by atoms with Crippen LogP contribution in [0.3, 0.4) is 0 Å². The van der Waals surface area contributed by atoms with Crippen molar-refractivity contribution in [2.45, 2.75) is 58.2 Å². The molecule has 10 nitrogen and oxygen atoms in total. The maximum atomic E-state index is 13.3. The lowest BCUT2D eigenvalue weighted by atomic mass is 10.0. The minimum absolute atomic E-state index is 0.122. The number of nitrogens with one attached hydrogen (secondary N) is 2. The number of hydrogen-bond acceptors (Lipinski definition) is 5. The van der Waals surface area contributed by atoms with E-state index in [-0.39, 0.29) is 35.3 Å². The first kappa shape index (κ1) is 25.6. The number of carbonyl (C=O) groups excluding carboxylic acids is 2. The molecule has 0 spiro atoms. The van der Waals surface area contributed by atoms with E-state index in [0.29, 0.717) is 53.4 Å². The molecule has 2 aliphatic rings. The second kappa shape index (κ2) is 10.4. The van der Waals surface area contributed by atoms with Gasteiger partial charge in [-0.1, -0.05) is 12.1 Å². The standard InChI is InChI=1S/C28H34N6O4/c1-17(2)34-24-12-11-19(14-22(24)26(36)33(28(34)38)15-18-9-10-18)31-27(37)32-13-5-6-20(16-32)30-25(35)21-7-3-4-8-23(21)29/h3-4,7-8,11-12,14,17-18,20H,5-6,9-10,13,15-16,29H2,1-2H3,(H,30,35)(H,31,37)/t20-/m1/s1. The maximum absolute atomic E-state index is 13.3. The topological polar surface area (TPSA) is 131 Å². The fourth-order valence-electron chi connectivity index (χ4n) is 5.13. The van der Waals surface area contributed by atoms with Crippen LogP contribution >= 0.6 is 0 Å². The minimum Gasteiger partial charge on any atom is -0.398 e. The van der Waals surface area contributed by atoms with Crippen molar-refractivity contribution in [3.8, 4) is 0 Å². The Balaban J connectivity index is 1.33. The zero-order chi connectivity index (χ0) is 27.0. The summed E-state index contributed by atoms with van der Waals surface area (Å²) in [5.74, 6) is 0.107. The first-order chi connectivity index (χ1) is 18.2. The van der Waals surface area contributed by atoms with E-state index in [4.69, 9.17) is 5.73 Å². The summed E-state index contributed by atoms with van der Waals surface area (Å²) in [6, 6.07) is 11.3. The van der Waals surface area contributed by atoms with Gasteiger partial charge in [-0.25, -0.2) is 9.59 Å². The number of rotatable bonds is 6. The van der Waals surface area contributed by atoms with E-state index in [9.17, 15) is 19.2 Å². The van der Waals surface area contributed by atoms with Gasteiger partial charge in [-0.05, 0) is 75.8 Å². The lowest BCUT2D eigenvalue weighted by molar-refractivity contribution is 0.0914. The van der Waals surface area contributed by atoms with Crippen LogP contribution in [-0.2, 0) is 6.54 Å². The second-order valence-corrected chi connectivity index (χ2v) is 10.6. The van der Waals surface area contributed by atoms with Crippen LogP contribution in [0, 0.1) is 5.92 Å². The summed E-state index contributed by atoms with van der Waals surface area (Å²) in [5, 5.41) is 6.29. The highest BCUT2D eigenvalue weighted by Gasteiger charge is 2.27. The number of fused-ring (bicyclic) bond motifs is 1. The van der Waals surface area contributed by atoms with E-state index in [1.165, 1.54) is 4.57 Å². The average molecular weight is 519 g/mol. The van der Waals surface area contributed by atoms with Gasteiger partial charge in [0.1, 0.15) is 0 Å². The quantitative estimate of drug-likeness (QED) is 0.432. The Bertz CT molecular complexity index is 1500. The van der Waals surface area contributed by atoms with Gasteiger partial charge in [0, 0.05) is 43.1 Å². The van der Waals surface area contributed by atoms with Crippen molar-refractivity contribution in [3.63, 3.8) is 0 Å². The van der Waals surface area contributed by atoms with Gasteiger partial charge in [0.05, 0.1) is 16.5 Å². The number of nitrogen functional groups attached to an aromatic ring is 1. The number of para-hydroxylation sites is 1. The number of anilines is 2. The molecule has 2 aromatic carbocycles. The van der Waals surface area contributed by atoms with Crippen LogP contribution in [0.5, 0.6) is 0 Å². The summed E-state index contributed by atoms with van der Waals surface area (Å²) in [6.45, 7) is 5.17. The number of nitrogens with zero attached hydrogens (tertiary/aromatic N) is 3. The van der Waals surface area contributed by atoms with Crippen molar-refractivity contribution in [1.82, 2.24) is 19.4 Å². The smallest absolute Gasteiger partial charge is 0.331 e. The summed E-state index contributed by atoms with van der Waals surface area (Å²) >= 11 is 0. The fourth-order valence-corrected chi connectivity index (χ4v) is 5.13. The van der Waals surface area contributed by atoms with Crippen LogP contribution < -0.4 is 27.6 Å². The highest BCUT2D eigenvalue weighted by Crippen LogP contribution is 2.30. The fraction of sp³-hybridized carbons (Fsp3) is 0.429. The molecule has 2 fully saturated rings. The molecule has 200 valence electrons. The third-order valence-corrected chi connectivity index (χ3v) is 7.32. The molecule has 1 aliphatic heterocycles. The molecule has 5 rings (SSSR count). The third kappa shape index (κ3) is 5.16. The predicted molar refractivity (Wildman–Crippen MR) is 148 cm³/mol. The Labute approximate surface area is 220 Å². The molecule has 1 aliphatic carbocycles. The van der Waals surface area contributed by atoms with Crippen molar-refractivity contribution in [2.24, 2.45) is 5.92 Å². The number of benzene rings is 2. The van der Waals surface area contributed by atoms with E-state index >= 15 is 0 Å². The molecule has 1 aromatic heterocycles. The summed E-state index contributed by atoms with van der Waals surface area (Å²) < 4.78 is 2.98. The average Bonchev–Trinajstić information content (AvgIpc) is 3.71. The molecule has 0 radical (unpaired) electrons. The van der Waals surface area contributed by atoms with Gasteiger partial charge in [-0.15, -0.1) is 0 Å². The van der Waals surface area contributed by atoms with Gasteiger partial charge in [0.2, 0.25) is 0 Å². The van der Waals surface area contributed by atoms with E-state index in [0.717, 1.165) is 25.7 Å². The number of hydrogen-bond donors (Lipinski definition) is 3. The van der Waals surface area contributed by atoms with Crippen molar-refractivity contribution in [1.29, 1.82) is 0 Å². The highest BCUT2D eigenvalue weighted by molar-refractivity contribution is 5.99. The highest BCUT2D eigenvalue weighted by atomic mass is 16.2. The van der Waals surface area contributed by atoms with Crippen LogP contribution in [0.15, 0.2) is 52.1 Å². The largest absolute Gasteiger partial charge is 0.398 e. The number of carbonyl (C=O) groups is 2. The number of amides is 3. The molecule has 1 saturated carbocycles. The van der Waals surface area contributed by atoms with Crippen molar-refractivity contribution in [2.75, 3.05) is 24.1 Å². The molecule has 0 unspecified atom stereocenters. The lowest BCUT2D eigenvalue weighted by Crippen LogP contribution is -2.50. The molecule has 0 bridgehead atoms. The van der Waals surface area contributed by atoms with Crippen LogP contribution in [0.1, 0.15) is 55.9 Å². The normalized spacial score (nSPS) is 17.6. The Morgan fingerprint density at radius 3 is 2.55 bits per heavy atom. The molecule has 4 N–H and O–H groups in total. The number of nitrogens with two attached hydrogens (primary N) is 1. The molecule has 2 heterocycles. The first-order valence-corrected chi connectivity index (χ1v) is 13.2. The van der Waals surface area contributed by atoms with E-state index in [1.54, 1.807) is 51.9 Å². The zero-order valence-corrected chi connectivity index (χ0v) is 21.8. The van der Waals surface area contributed by atoms with Gasteiger partial charge in [0.15, 0.2) is 0 Å². The van der Waals surface area contributed by atoms with Crippen LogP contribution in [0.4, 0.5) is 16.2 Å². The Hall–Kier alpha value is -4.08. The SMILES string of the molecule is CC(C)n1c(=O)n(CC2CC2)c(=O)c2cc(NC(=O)N3CCC[C@@H](NC(=O)c4ccccc4N)C3)ccc21. The summed E-state index contributed by atoms with van der Waals surface area (Å²) in [7, 11) is 0. The summed E-state index contributed by atoms with van der Waals surface area (Å²) in [6.07, 6.45) is 3.55. The van der Waals surface area contributed by atoms with Gasteiger partial charge in [-0.2, -0.15) is 0 Å². The van der Waals surface area contributed by atoms with Crippen LogP contribution in [0.25, 0.3) is 10.9 Å². The Morgan fingerprint density at radius 2 is 1.84 bits per heavy atom. The minimum atomic E-state index is -0.328. The number of piperidine rings is 1. The van der Waals surface area contributed by atoms with Gasteiger partial charge < -0.3 is 21.3 Å².